The van der Waals surface area contributed by atoms with Crippen molar-refractivity contribution in [1.82, 2.24) is 0 Å². The first-order valence-electron chi connectivity index (χ1n) is 31.9. The molecule has 12 nitrogen and oxygen atoms in total. The van der Waals surface area contributed by atoms with Gasteiger partial charge in [0.2, 0.25) is 0 Å². The highest BCUT2D eigenvalue weighted by Gasteiger charge is 2.50. The van der Waals surface area contributed by atoms with Crippen LogP contribution in [0, 0.1) is 0 Å². The van der Waals surface area contributed by atoms with Crippen LogP contribution in [-0.4, -0.2) is 89.2 Å². The Morgan fingerprint density at radius 1 is 0.420 bits per heavy atom. The van der Waals surface area contributed by atoms with Gasteiger partial charge >= 0.3 is 23.9 Å². The van der Waals surface area contributed by atoms with Gasteiger partial charge in [0.25, 0.3) is 0 Å². The second-order valence-corrected chi connectivity index (χ2v) is 21.3. The maximum Gasteiger partial charge on any atom is 0.335 e. The molecule has 0 aromatic rings. The van der Waals surface area contributed by atoms with E-state index in [2.05, 4.69) is 118 Å². The second-order valence-electron chi connectivity index (χ2n) is 21.3. The predicted octanol–water partition coefficient (Wildman–Crippen LogP) is 17.0. The molecule has 1 aliphatic rings. The van der Waals surface area contributed by atoms with Gasteiger partial charge in [-0.05, 0) is 96.3 Å². The first kappa shape index (κ1) is 74.4. The van der Waals surface area contributed by atoms with Crippen LogP contribution in [0.4, 0.5) is 0 Å². The van der Waals surface area contributed by atoms with Crippen LogP contribution >= 0.6 is 0 Å². The summed E-state index contributed by atoms with van der Waals surface area (Å²) in [5.41, 5.74) is 0. The van der Waals surface area contributed by atoms with Crippen molar-refractivity contribution in [2.75, 3.05) is 13.2 Å². The fourth-order valence-corrected chi connectivity index (χ4v) is 8.99. The summed E-state index contributed by atoms with van der Waals surface area (Å²) in [7, 11) is 0. The summed E-state index contributed by atoms with van der Waals surface area (Å²) in [6.07, 6.45) is 63.4. The van der Waals surface area contributed by atoms with Crippen LogP contribution in [0.5, 0.6) is 0 Å². The molecule has 0 aromatic carbocycles. The number of aliphatic carboxylic acids is 1. The molecule has 1 fully saturated rings. The lowest BCUT2D eigenvalue weighted by Crippen LogP contribution is -2.61. The average molecular weight is 1130 g/mol. The van der Waals surface area contributed by atoms with E-state index in [1.165, 1.54) is 77.0 Å². The minimum atomic E-state index is -1.92. The van der Waals surface area contributed by atoms with Gasteiger partial charge in [0.15, 0.2) is 24.6 Å². The van der Waals surface area contributed by atoms with E-state index >= 15 is 0 Å². The first-order valence-corrected chi connectivity index (χ1v) is 31.9. The van der Waals surface area contributed by atoms with Crippen LogP contribution in [0.25, 0.3) is 0 Å². The molecule has 460 valence electrons. The quantitative estimate of drug-likeness (QED) is 0.0228. The maximum absolute atomic E-state index is 13.2. The van der Waals surface area contributed by atoms with Crippen molar-refractivity contribution in [1.29, 1.82) is 0 Å². The van der Waals surface area contributed by atoms with E-state index in [1.807, 2.05) is 12.2 Å². The number of aliphatic hydroxyl groups excluding tert-OH is 2. The van der Waals surface area contributed by atoms with Crippen LogP contribution in [0.2, 0.25) is 0 Å². The van der Waals surface area contributed by atoms with Gasteiger partial charge in [0.05, 0.1) is 6.61 Å². The number of aliphatic hydroxyl groups is 2. The van der Waals surface area contributed by atoms with E-state index < -0.39 is 67.3 Å². The molecule has 0 aromatic heterocycles. The average Bonchev–Trinajstić information content (AvgIpc) is 3.45. The Labute approximate surface area is 491 Å². The van der Waals surface area contributed by atoms with Gasteiger partial charge in [0.1, 0.15) is 18.8 Å². The Morgan fingerprint density at radius 3 is 1.26 bits per heavy atom. The molecule has 0 saturated carbocycles. The van der Waals surface area contributed by atoms with E-state index in [1.54, 1.807) is 0 Å². The number of carboxylic acids is 1. The highest BCUT2D eigenvalue weighted by atomic mass is 16.7. The Kier molecular flexibility index (Phi) is 51.3. The number of ether oxygens (including phenoxy) is 5. The molecule has 3 N–H and O–H groups in total. The van der Waals surface area contributed by atoms with Crippen LogP contribution in [0.3, 0.4) is 0 Å². The fourth-order valence-electron chi connectivity index (χ4n) is 8.99. The van der Waals surface area contributed by atoms with Crippen LogP contribution in [0.1, 0.15) is 252 Å². The second kappa shape index (κ2) is 55.9. The monoisotopic (exact) mass is 1130 g/mol. The van der Waals surface area contributed by atoms with Crippen molar-refractivity contribution in [2.24, 2.45) is 0 Å². The smallest absolute Gasteiger partial charge is 0.335 e. The maximum atomic E-state index is 13.2. The van der Waals surface area contributed by atoms with E-state index in [4.69, 9.17) is 23.7 Å². The van der Waals surface area contributed by atoms with Crippen molar-refractivity contribution < 1.29 is 58.2 Å². The molecule has 0 bridgehead atoms. The lowest BCUT2D eigenvalue weighted by molar-refractivity contribution is -0.301. The predicted molar refractivity (Wildman–Crippen MR) is 330 cm³/mol. The number of allylic oxidation sites excluding steroid dienone is 18. The standard InChI is InChI=1S/C69H112O12/c1-4-7-10-13-16-19-22-25-27-29-31-33-35-38-40-43-46-49-52-55-61(70)77-58-60(79-62(71)56-53-50-47-44-41-37-24-21-18-15-12-9-6-3)59-78-69-67(65(74)64(73)66(81-69)68(75)76)80-63(72)57-54-51-48-45-42-39-36-34-32-30-28-26-23-20-17-14-11-8-5-2/h7,10,16-17,19-20,25-28,31-34,38,40,46,49,60,64-67,69,73-74H,4-6,8-9,11-15,18,21-24,29-30,35-37,39,41-45,47-48,50-59H2,1-3H3,(H,75,76)/b10-7-,19-16-,20-17-,27-25-,28-26-,33-31-,34-32-,40-38-,49-46-. The van der Waals surface area contributed by atoms with Gasteiger partial charge in [-0.1, -0.05) is 246 Å². The van der Waals surface area contributed by atoms with Gasteiger partial charge in [-0.3, -0.25) is 14.4 Å². The third-order valence-electron chi connectivity index (χ3n) is 13.8. The number of hydrogen-bond acceptors (Lipinski definition) is 11. The molecule has 1 heterocycles. The number of carboxylic acid groups (broad SMARTS) is 1. The fraction of sp³-hybridized carbons (Fsp3) is 0.681. The lowest BCUT2D eigenvalue weighted by Gasteiger charge is -2.40. The van der Waals surface area contributed by atoms with Crippen molar-refractivity contribution in [3.63, 3.8) is 0 Å². The molecule has 1 rings (SSSR count). The van der Waals surface area contributed by atoms with Crippen molar-refractivity contribution in [3.8, 4) is 0 Å². The molecule has 1 aliphatic heterocycles. The highest BCUT2D eigenvalue weighted by molar-refractivity contribution is 5.74. The van der Waals surface area contributed by atoms with Crippen molar-refractivity contribution in [2.45, 2.75) is 289 Å². The molecule has 0 amide bonds. The SMILES string of the molecule is CC/C=C\C/C=C\C/C=C\C/C=C\C/C=C\C/C=C\CCC(=O)OCC(COC1OC(C(=O)O)C(O)C(O)C1OC(=O)CCCCCCCC/C=C\C/C=C\C/C=C\CCCCC)OC(=O)CCCCCCCCCCCCCCC. The third-order valence-corrected chi connectivity index (χ3v) is 13.8. The Bertz CT molecular complexity index is 1820. The summed E-state index contributed by atoms with van der Waals surface area (Å²) < 4.78 is 28.4. The zero-order chi connectivity index (χ0) is 58.9. The number of esters is 3. The van der Waals surface area contributed by atoms with Crippen molar-refractivity contribution in [3.05, 3.63) is 109 Å². The van der Waals surface area contributed by atoms with Gasteiger partial charge in [-0.2, -0.15) is 0 Å². The Balaban J connectivity index is 2.71. The van der Waals surface area contributed by atoms with Crippen LogP contribution in [0.15, 0.2) is 109 Å². The Morgan fingerprint density at radius 2 is 0.802 bits per heavy atom. The highest BCUT2D eigenvalue weighted by Crippen LogP contribution is 2.26. The summed E-state index contributed by atoms with van der Waals surface area (Å²) in [6, 6.07) is 0. The van der Waals surface area contributed by atoms with E-state index in [-0.39, 0.29) is 25.9 Å². The molecule has 1 saturated heterocycles. The summed E-state index contributed by atoms with van der Waals surface area (Å²) in [5, 5.41) is 31.6. The molecular weight excluding hydrogens is 1020 g/mol. The topological polar surface area (TPSA) is 175 Å². The Hall–Kier alpha value is -4.62. The summed E-state index contributed by atoms with van der Waals surface area (Å²) in [5.74, 6) is -3.25. The molecule has 6 atom stereocenters. The molecule has 81 heavy (non-hydrogen) atoms. The minimum Gasteiger partial charge on any atom is -0.479 e. The van der Waals surface area contributed by atoms with Gasteiger partial charge in [0, 0.05) is 19.3 Å². The molecular formula is C69H112O12. The number of carbonyl (C=O) groups is 4. The summed E-state index contributed by atoms with van der Waals surface area (Å²) >= 11 is 0. The molecule has 6 unspecified atom stereocenters. The molecule has 0 spiro atoms. The normalized spacial score (nSPS) is 18.5. The van der Waals surface area contributed by atoms with E-state index in [0.717, 1.165) is 116 Å². The molecule has 0 radical (unpaired) electrons. The van der Waals surface area contributed by atoms with E-state index in [9.17, 15) is 34.5 Å². The van der Waals surface area contributed by atoms with Crippen LogP contribution < -0.4 is 0 Å². The third kappa shape index (κ3) is 45.6. The zero-order valence-corrected chi connectivity index (χ0v) is 50.7. The number of carbonyl (C=O) groups excluding carboxylic acids is 3. The van der Waals surface area contributed by atoms with E-state index in [0.29, 0.717) is 19.3 Å². The zero-order valence-electron chi connectivity index (χ0n) is 50.7. The first-order chi connectivity index (χ1) is 39.6. The van der Waals surface area contributed by atoms with Gasteiger partial charge in [-0.25, -0.2) is 4.79 Å². The minimum absolute atomic E-state index is 0.0350. The molecule has 12 heteroatoms. The van der Waals surface area contributed by atoms with Crippen molar-refractivity contribution >= 4 is 23.9 Å². The number of rotatable bonds is 53. The number of hydrogen-bond donors (Lipinski definition) is 3. The molecule has 0 aliphatic carbocycles. The van der Waals surface area contributed by atoms with Gasteiger partial charge in [-0.15, -0.1) is 0 Å². The van der Waals surface area contributed by atoms with Gasteiger partial charge < -0.3 is 39.0 Å². The number of unbranched alkanes of at least 4 members (excludes halogenated alkanes) is 21. The largest absolute Gasteiger partial charge is 0.479 e. The van der Waals surface area contributed by atoms with Crippen LogP contribution in [-0.2, 0) is 42.9 Å². The summed E-state index contributed by atoms with van der Waals surface area (Å²) in [4.78, 5) is 51.2. The lowest BCUT2D eigenvalue weighted by atomic mass is 9.98. The summed E-state index contributed by atoms with van der Waals surface area (Å²) in [6.45, 7) is 5.79.